The Balaban J connectivity index is 3.17. The highest BCUT2D eigenvalue weighted by atomic mass is 14.9. The van der Waals surface area contributed by atoms with E-state index >= 15 is 0 Å². The zero-order valence-electron chi connectivity index (χ0n) is 5.55. The van der Waals surface area contributed by atoms with Crippen LogP contribution in [0.4, 0.5) is 5.82 Å². The molecular formula is C4H5N3. The summed E-state index contributed by atoms with van der Waals surface area (Å²) in [5.74, 6) is 0.167. The van der Waals surface area contributed by atoms with Crippen LogP contribution in [-0.2, 0) is 0 Å². The molecule has 0 spiro atoms. The number of nitrogen functional groups attached to an aromatic ring is 1. The molecule has 0 aliphatic carbocycles. The highest BCUT2D eigenvalue weighted by molar-refractivity contribution is 5.22. The van der Waals surface area contributed by atoms with Gasteiger partial charge in [-0.3, -0.25) is 0 Å². The summed E-state index contributed by atoms with van der Waals surface area (Å²) >= 11 is 0. The number of nitrogens with zero attached hydrogens (tertiary/aromatic N) is 2. The van der Waals surface area contributed by atoms with Crippen LogP contribution in [0.3, 0.4) is 0 Å². The molecular weight excluding hydrogens is 90.1 g/mol. The summed E-state index contributed by atoms with van der Waals surface area (Å²) in [5, 5.41) is 0. The van der Waals surface area contributed by atoms with Crippen LogP contribution in [-0.4, -0.2) is 9.97 Å². The molecule has 0 radical (unpaired) electrons. The Kier molecular flexibility index (Phi) is 0.500. The summed E-state index contributed by atoms with van der Waals surface area (Å²) in [7, 11) is 0. The molecule has 0 aliphatic heterocycles. The Bertz CT molecular complexity index is 175. The molecule has 0 aliphatic rings. The molecule has 1 rings (SSSR count). The first kappa shape index (κ1) is 2.26. The Labute approximate surface area is 44.0 Å². The van der Waals surface area contributed by atoms with Crippen molar-refractivity contribution in [3.8, 4) is 0 Å². The van der Waals surface area contributed by atoms with Crippen molar-refractivity contribution >= 4 is 5.82 Å². The summed E-state index contributed by atoms with van der Waals surface area (Å²) in [6.07, 6.45) is -0.229. The van der Waals surface area contributed by atoms with Crippen molar-refractivity contribution in [2.24, 2.45) is 0 Å². The van der Waals surface area contributed by atoms with Crippen molar-refractivity contribution in [2.75, 3.05) is 5.73 Å². The second-order valence-corrected chi connectivity index (χ2v) is 1.02. The van der Waals surface area contributed by atoms with E-state index in [2.05, 4.69) is 9.97 Å². The van der Waals surface area contributed by atoms with Gasteiger partial charge < -0.3 is 5.73 Å². The number of nitrogens with two attached hydrogens (primary N) is 1. The van der Waals surface area contributed by atoms with Gasteiger partial charge in [0, 0.05) is 6.17 Å². The molecule has 36 valence electrons. The minimum Gasteiger partial charge on any atom is -0.384 e. The Morgan fingerprint density at radius 2 is 2.71 bits per heavy atom. The van der Waals surface area contributed by atoms with Crippen molar-refractivity contribution in [2.45, 2.75) is 0 Å². The second-order valence-electron chi connectivity index (χ2n) is 1.02. The summed E-state index contributed by atoms with van der Waals surface area (Å²) < 4.78 is 13.8. The van der Waals surface area contributed by atoms with Crippen molar-refractivity contribution in [3.63, 3.8) is 0 Å². The minimum atomic E-state index is -0.208. The maximum atomic E-state index is 6.93. The van der Waals surface area contributed by atoms with E-state index in [0.29, 0.717) is 0 Å². The van der Waals surface area contributed by atoms with Crippen molar-refractivity contribution < 1.29 is 2.74 Å². The summed E-state index contributed by atoms with van der Waals surface area (Å²) in [4.78, 5) is 6.82. The lowest BCUT2D eigenvalue weighted by Gasteiger charge is -1.82. The van der Waals surface area contributed by atoms with E-state index in [-0.39, 0.29) is 18.3 Å². The lowest BCUT2D eigenvalue weighted by atomic mass is 10.6. The largest absolute Gasteiger partial charge is 0.384 e. The predicted octanol–water partition coefficient (Wildman–Crippen LogP) is 0.0588. The normalized spacial score (nSPS) is 12.6. The van der Waals surface area contributed by atoms with Gasteiger partial charge in [0.2, 0.25) is 0 Å². The zero-order chi connectivity index (χ0) is 6.85. The van der Waals surface area contributed by atoms with Crippen molar-refractivity contribution in [1.82, 2.24) is 9.97 Å². The van der Waals surface area contributed by atoms with E-state index in [1.807, 2.05) is 0 Å². The van der Waals surface area contributed by atoms with Crippen LogP contribution in [0.15, 0.2) is 18.5 Å². The third-order valence-electron chi connectivity index (χ3n) is 0.506. The molecule has 0 saturated carbocycles. The van der Waals surface area contributed by atoms with E-state index in [9.17, 15) is 0 Å². The van der Waals surface area contributed by atoms with Gasteiger partial charge in [0.05, 0.1) is 1.37 Å². The molecule has 0 aromatic carbocycles. The van der Waals surface area contributed by atoms with E-state index in [4.69, 9.17) is 8.48 Å². The Morgan fingerprint density at radius 3 is 3.29 bits per heavy atom. The van der Waals surface area contributed by atoms with Crippen LogP contribution in [0.25, 0.3) is 0 Å². The molecule has 0 amide bonds. The zero-order valence-corrected chi connectivity index (χ0v) is 3.55. The number of hydrogen-bond acceptors (Lipinski definition) is 3. The smallest absolute Gasteiger partial charge is 0.126 e. The van der Waals surface area contributed by atoms with Crippen LogP contribution in [0, 0.1) is 0 Å². The number of anilines is 1. The van der Waals surface area contributed by atoms with Gasteiger partial charge in [0.1, 0.15) is 13.5 Å². The van der Waals surface area contributed by atoms with E-state index < -0.39 is 0 Å². The van der Waals surface area contributed by atoms with Crippen LogP contribution in [0.2, 0.25) is 0 Å². The average molecular weight is 97.1 g/mol. The first-order chi connectivity index (χ1) is 4.18. The molecule has 1 aromatic heterocycles. The fourth-order valence-corrected chi connectivity index (χ4v) is 0.242. The number of rotatable bonds is 0. The lowest BCUT2D eigenvalue weighted by molar-refractivity contribution is 1.18. The van der Waals surface area contributed by atoms with Crippen LogP contribution in [0.1, 0.15) is 2.74 Å². The first-order valence-corrected chi connectivity index (χ1v) is 1.76. The number of aromatic nitrogens is 2. The van der Waals surface area contributed by atoms with Gasteiger partial charge in [-0.1, -0.05) is 0 Å². The summed E-state index contributed by atoms with van der Waals surface area (Å²) in [6, 6.07) is 1.29. The minimum absolute atomic E-state index is 0.0208. The topological polar surface area (TPSA) is 51.8 Å². The molecule has 0 atom stereocenters. The third-order valence-corrected chi connectivity index (χ3v) is 0.506. The van der Waals surface area contributed by atoms with Gasteiger partial charge in [0.15, 0.2) is 0 Å². The summed E-state index contributed by atoms with van der Waals surface area (Å²) in [5.41, 5.74) is 5.17. The van der Waals surface area contributed by atoms with Gasteiger partial charge >= 0.3 is 0 Å². The SMILES string of the molecule is [2H]c1cc(N)nc([2H])n1. The van der Waals surface area contributed by atoms with Crippen LogP contribution in [0.5, 0.6) is 0 Å². The molecule has 3 heteroatoms. The molecule has 0 bridgehead atoms. The Morgan fingerprint density at radius 1 is 1.86 bits per heavy atom. The average Bonchev–Trinajstić information content (AvgIpc) is 1.59. The molecule has 7 heavy (non-hydrogen) atoms. The molecule has 1 heterocycles. The fourth-order valence-electron chi connectivity index (χ4n) is 0.242. The standard InChI is InChI=1S/C4H5N3/c5-4-1-2-6-3-7-4/h1-3H,(H2,5,6,7)/i2D,3D. The van der Waals surface area contributed by atoms with Gasteiger partial charge in [-0.15, -0.1) is 0 Å². The quantitative estimate of drug-likeness (QED) is 0.498. The van der Waals surface area contributed by atoms with E-state index in [1.54, 1.807) is 0 Å². The predicted molar refractivity (Wildman–Crippen MR) is 26.4 cm³/mol. The second kappa shape index (κ2) is 1.55. The maximum absolute atomic E-state index is 6.93. The molecule has 0 saturated heterocycles. The van der Waals surface area contributed by atoms with Gasteiger partial charge in [-0.25, -0.2) is 9.97 Å². The van der Waals surface area contributed by atoms with Crippen molar-refractivity contribution in [3.05, 3.63) is 18.5 Å². The lowest BCUT2D eigenvalue weighted by Crippen LogP contribution is -1.87. The van der Waals surface area contributed by atoms with Crippen molar-refractivity contribution in [1.29, 1.82) is 0 Å². The van der Waals surface area contributed by atoms with Gasteiger partial charge in [-0.05, 0) is 6.07 Å². The molecule has 1 aromatic rings. The van der Waals surface area contributed by atoms with Gasteiger partial charge in [0.25, 0.3) is 0 Å². The first-order valence-electron chi connectivity index (χ1n) is 2.76. The van der Waals surface area contributed by atoms with E-state index in [0.717, 1.165) is 0 Å². The summed E-state index contributed by atoms with van der Waals surface area (Å²) in [6.45, 7) is 0. The fraction of sp³-hybridized carbons (Fsp3) is 0. The molecule has 0 unspecified atom stereocenters. The molecule has 2 N–H and O–H groups in total. The number of hydrogen-bond donors (Lipinski definition) is 1. The van der Waals surface area contributed by atoms with E-state index in [1.165, 1.54) is 6.07 Å². The molecule has 0 fully saturated rings. The third kappa shape index (κ3) is 0.855. The highest BCUT2D eigenvalue weighted by Gasteiger charge is 1.74. The molecule has 3 nitrogen and oxygen atoms in total. The van der Waals surface area contributed by atoms with Crippen LogP contribution < -0.4 is 5.73 Å². The van der Waals surface area contributed by atoms with Gasteiger partial charge in [-0.2, -0.15) is 0 Å². The highest BCUT2D eigenvalue weighted by Crippen LogP contribution is 1.85. The van der Waals surface area contributed by atoms with Crippen LogP contribution >= 0.6 is 0 Å². The Hall–Kier alpha value is -1.12. The monoisotopic (exact) mass is 97.1 g/mol. The maximum Gasteiger partial charge on any atom is 0.126 e.